The number of carbonyl (C=O) groups excluding carboxylic acids is 1. The van der Waals surface area contributed by atoms with Crippen LogP contribution in [-0.4, -0.2) is 30.8 Å². The molecule has 0 radical (unpaired) electrons. The molecule has 0 saturated heterocycles. The fourth-order valence-corrected chi connectivity index (χ4v) is 2.51. The number of benzene rings is 1. The summed E-state index contributed by atoms with van der Waals surface area (Å²) in [5, 5.41) is 2.89. The van der Waals surface area contributed by atoms with E-state index in [1.807, 2.05) is 19.9 Å². The van der Waals surface area contributed by atoms with E-state index in [0.717, 1.165) is 35.6 Å². The van der Waals surface area contributed by atoms with E-state index < -0.39 is 0 Å². The van der Waals surface area contributed by atoms with Crippen LogP contribution in [-0.2, 0) is 4.79 Å². The molecule has 0 aliphatic heterocycles. The third kappa shape index (κ3) is 4.29. The van der Waals surface area contributed by atoms with Gasteiger partial charge in [-0.05, 0) is 31.0 Å². The van der Waals surface area contributed by atoms with Crippen LogP contribution in [0.4, 0.5) is 11.4 Å². The summed E-state index contributed by atoms with van der Waals surface area (Å²) in [5.41, 5.74) is 4.04. The van der Waals surface area contributed by atoms with E-state index in [0.29, 0.717) is 11.8 Å². The maximum Gasteiger partial charge on any atom is 0.221 e. The Morgan fingerprint density at radius 1 is 1.21 bits per heavy atom. The van der Waals surface area contributed by atoms with Gasteiger partial charge in [0.2, 0.25) is 5.91 Å². The van der Waals surface area contributed by atoms with Crippen LogP contribution in [0.1, 0.15) is 18.1 Å². The highest BCUT2D eigenvalue weighted by atomic mass is 35.5. The lowest BCUT2D eigenvalue weighted by atomic mass is 10.1. The zero-order chi connectivity index (χ0) is 14.4. The van der Waals surface area contributed by atoms with Gasteiger partial charge in [0.15, 0.2) is 0 Å². The van der Waals surface area contributed by atoms with Gasteiger partial charge in [0, 0.05) is 43.1 Å². The van der Waals surface area contributed by atoms with Gasteiger partial charge in [-0.2, -0.15) is 0 Å². The lowest BCUT2D eigenvalue weighted by Crippen LogP contribution is -2.28. The van der Waals surface area contributed by atoms with Crippen molar-refractivity contribution in [2.75, 3.05) is 35.1 Å². The molecule has 0 unspecified atom stereocenters. The quantitative estimate of drug-likeness (QED) is 0.815. The molecule has 1 aromatic carbocycles. The third-order valence-corrected chi connectivity index (χ3v) is 3.33. The Labute approximate surface area is 124 Å². The number of halogens is 2. The van der Waals surface area contributed by atoms with Crippen molar-refractivity contribution in [3.63, 3.8) is 0 Å². The first-order chi connectivity index (χ1) is 9.01. The Morgan fingerprint density at radius 2 is 1.79 bits per heavy atom. The molecular formula is C14H20Cl2N2O. The van der Waals surface area contributed by atoms with E-state index >= 15 is 0 Å². The van der Waals surface area contributed by atoms with E-state index in [1.54, 1.807) is 0 Å². The summed E-state index contributed by atoms with van der Waals surface area (Å²) in [6.07, 6.45) is 0. The molecule has 3 nitrogen and oxygen atoms in total. The topological polar surface area (TPSA) is 32.3 Å². The van der Waals surface area contributed by atoms with Crippen molar-refractivity contribution in [3.05, 3.63) is 23.3 Å². The summed E-state index contributed by atoms with van der Waals surface area (Å²) in [6.45, 7) is 6.97. The minimum absolute atomic E-state index is 0.0652. The second kappa shape index (κ2) is 7.61. The van der Waals surface area contributed by atoms with Gasteiger partial charge in [0.25, 0.3) is 0 Å². The Hall–Kier alpha value is -0.930. The summed E-state index contributed by atoms with van der Waals surface area (Å²) in [6, 6.07) is 4.05. The second-order valence-corrected chi connectivity index (χ2v) is 5.20. The molecule has 5 heteroatoms. The highest BCUT2D eigenvalue weighted by molar-refractivity contribution is 6.18. The van der Waals surface area contributed by atoms with E-state index in [9.17, 15) is 4.79 Å². The zero-order valence-corrected chi connectivity index (χ0v) is 13.1. The SMILES string of the molecule is CC(=O)Nc1c(C)ccc(N(CCCl)CCCl)c1C. The molecule has 0 bridgehead atoms. The number of hydrogen-bond acceptors (Lipinski definition) is 2. The monoisotopic (exact) mass is 302 g/mol. The lowest BCUT2D eigenvalue weighted by molar-refractivity contribution is -0.114. The molecule has 0 atom stereocenters. The average molecular weight is 303 g/mol. The number of alkyl halides is 2. The molecular weight excluding hydrogens is 283 g/mol. The Balaban J connectivity index is 3.16. The van der Waals surface area contributed by atoms with Crippen molar-refractivity contribution in [1.29, 1.82) is 0 Å². The van der Waals surface area contributed by atoms with Crippen LogP contribution >= 0.6 is 23.2 Å². The van der Waals surface area contributed by atoms with Crippen molar-refractivity contribution in [2.45, 2.75) is 20.8 Å². The van der Waals surface area contributed by atoms with Gasteiger partial charge in [-0.1, -0.05) is 6.07 Å². The maximum absolute atomic E-state index is 11.3. The molecule has 1 rings (SSSR count). The molecule has 0 aliphatic carbocycles. The van der Waals surface area contributed by atoms with Crippen molar-refractivity contribution in [1.82, 2.24) is 0 Å². The van der Waals surface area contributed by atoms with E-state index in [4.69, 9.17) is 23.2 Å². The van der Waals surface area contributed by atoms with Gasteiger partial charge in [-0.25, -0.2) is 0 Å². The van der Waals surface area contributed by atoms with E-state index in [2.05, 4.69) is 16.3 Å². The van der Waals surface area contributed by atoms with Crippen LogP contribution in [0.5, 0.6) is 0 Å². The van der Waals surface area contributed by atoms with Crippen LogP contribution in [0.2, 0.25) is 0 Å². The van der Waals surface area contributed by atoms with Gasteiger partial charge in [-0.3, -0.25) is 4.79 Å². The Morgan fingerprint density at radius 3 is 2.26 bits per heavy atom. The summed E-state index contributed by atoms with van der Waals surface area (Å²) in [5.74, 6) is 1.02. The number of nitrogens with zero attached hydrogens (tertiary/aromatic N) is 1. The average Bonchev–Trinajstić information content (AvgIpc) is 2.34. The first-order valence-electron chi connectivity index (χ1n) is 6.26. The van der Waals surface area contributed by atoms with Crippen molar-refractivity contribution < 1.29 is 4.79 Å². The summed E-state index contributed by atoms with van der Waals surface area (Å²) >= 11 is 11.7. The molecule has 0 heterocycles. The largest absolute Gasteiger partial charge is 0.369 e. The first-order valence-corrected chi connectivity index (χ1v) is 7.32. The number of anilines is 2. The Kier molecular flexibility index (Phi) is 6.46. The summed E-state index contributed by atoms with van der Waals surface area (Å²) in [7, 11) is 0. The van der Waals surface area contributed by atoms with Crippen LogP contribution in [0.3, 0.4) is 0 Å². The van der Waals surface area contributed by atoms with Gasteiger partial charge >= 0.3 is 0 Å². The first kappa shape index (κ1) is 16.1. The molecule has 0 saturated carbocycles. The predicted octanol–water partition coefficient (Wildman–Crippen LogP) is 3.55. The third-order valence-electron chi connectivity index (χ3n) is 3.00. The minimum Gasteiger partial charge on any atom is -0.369 e. The molecule has 19 heavy (non-hydrogen) atoms. The van der Waals surface area contributed by atoms with Gasteiger partial charge in [0.1, 0.15) is 0 Å². The molecule has 1 aromatic rings. The maximum atomic E-state index is 11.3. The molecule has 0 fully saturated rings. The highest BCUT2D eigenvalue weighted by Crippen LogP contribution is 2.30. The molecule has 0 aliphatic rings. The number of carbonyl (C=O) groups is 1. The number of hydrogen-bond donors (Lipinski definition) is 1. The number of nitrogens with one attached hydrogen (secondary N) is 1. The van der Waals surface area contributed by atoms with Gasteiger partial charge in [-0.15, -0.1) is 23.2 Å². The normalized spacial score (nSPS) is 10.4. The highest BCUT2D eigenvalue weighted by Gasteiger charge is 2.13. The van der Waals surface area contributed by atoms with Gasteiger partial charge in [0.05, 0.1) is 0 Å². The molecule has 1 N–H and O–H groups in total. The lowest BCUT2D eigenvalue weighted by Gasteiger charge is -2.26. The van der Waals surface area contributed by atoms with Crippen molar-refractivity contribution in [2.24, 2.45) is 0 Å². The standard InChI is InChI=1S/C14H20Cl2N2O/c1-10-4-5-13(18(8-6-15)9-7-16)11(2)14(10)17-12(3)19/h4-5H,6-9H2,1-3H3,(H,17,19). The molecule has 106 valence electrons. The van der Waals surface area contributed by atoms with Crippen molar-refractivity contribution in [3.8, 4) is 0 Å². The fraction of sp³-hybridized carbons (Fsp3) is 0.500. The Bertz CT molecular complexity index is 443. The second-order valence-electron chi connectivity index (χ2n) is 4.45. The molecule has 0 aromatic heterocycles. The summed E-state index contributed by atoms with van der Waals surface area (Å²) in [4.78, 5) is 13.4. The van der Waals surface area contributed by atoms with E-state index in [-0.39, 0.29) is 5.91 Å². The number of aryl methyl sites for hydroxylation is 1. The molecule has 0 spiro atoms. The minimum atomic E-state index is -0.0652. The van der Waals surface area contributed by atoms with Crippen LogP contribution in [0, 0.1) is 13.8 Å². The van der Waals surface area contributed by atoms with Crippen molar-refractivity contribution >= 4 is 40.5 Å². The van der Waals surface area contributed by atoms with E-state index in [1.165, 1.54) is 6.92 Å². The predicted molar refractivity (Wildman–Crippen MR) is 83.9 cm³/mol. The molecule has 1 amide bonds. The van der Waals surface area contributed by atoms with Gasteiger partial charge < -0.3 is 10.2 Å². The van der Waals surface area contributed by atoms with Crippen LogP contribution in [0.15, 0.2) is 12.1 Å². The van der Waals surface area contributed by atoms with Crippen LogP contribution < -0.4 is 10.2 Å². The summed E-state index contributed by atoms with van der Waals surface area (Å²) < 4.78 is 0. The number of rotatable bonds is 6. The number of amides is 1. The zero-order valence-electron chi connectivity index (χ0n) is 11.6. The van der Waals surface area contributed by atoms with Crippen LogP contribution in [0.25, 0.3) is 0 Å². The smallest absolute Gasteiger partial charge is 0.221 e. The fourth-order valence-electron chi connectivity index (χ4n) is 2.10.